The molecule has 206 valence electrons. The largest absolute Gasteiger partial charge is 0.469 e. The van der Waals surface area contributed by atoms with Crippen molar-refractivity contribution in [1.82, 2.24) is 0 Å². The molecule has 0 bridgehead atoms. The highest BCUT2D eigenvalue weighted by molar-refractivity contribution is 5.79. The molecular weight excluding hydrogens is 460 g/mol. The summed E-state index contributed by atoms with van der Waals surface area (Å²) in [7, 11) is 1.58. The van der Waals surface area contributed by atoms with E-state index >= 15 is 0 Å². The first-order valence-electron chi connectivity index (χ1n) is 14.9. The average Bonchev–Trinajstić information content (AvgIpc) is 2.83. The molecule has 5 rings (SSSR count). The van der Waals surface area contributed by atoms with Crippen molar-refractivity contribution in [1.29, 1.82) is 0 Å². The molecule has 0 aliphatic heterocycles. The number of ether oxygens (including phenoxy) is 2. The Morgan fingerprint density at radius 1 is 0.865 bits per heavy atom. The minimum absolute atomic E-state index is 0.0142. The van der Waals surface area contributed by atoms with E-state index < -0.39 is 0 Å². The van der Waals surface area contributed by atoms with Gasteiger partial charge in [0.15, 0.2) is 0 Å². The number of carbonyl (C=O) groups excluding carboxylic acids is 2. The van der Waals surface area contributed by atoms with Gasteiger partial charge in [0.25, 0.3) is 0 Å². The van der Waals surface area contributed by atoms with Crippen molar-refractivity contribution in [3.8, 4) is 0 Å². The van der Waals surface area contributed by atoms with Crippen molar-refractivity contribution < 1.29 is 19.1 Å². The van der Waals surface area contributed by atoms with Gasteiger partial charge in [0.1, 0.15) is 6.10 Å². The van der Waals surface area contributed by atoms with Gasteiger partial charge in [0.05, 0.1) is 12.5 Å². The van der Waals surface area contributed by atoms with Crippen LogP contribution in [0.2, 0.25) is 0 Å². The molecule has 4 nitrogen and oxygen atoms in total. The quantitative estimate of drug-likeness (QED) is 0.358. The summed E-state index contributed by atoms with van der Waals surface area (Å²) < 4.78 is 11.4. The maximum atomic E-state index is 13.4. The summed E-state index contributed by atoms with van der Waals surface area (Å²) in [5, 5.41) is 0. The summed E-state index contributed by atoms with van der Waals surface area (Å²) in [5.41, 5.74) is 2.87. The molecule has 0 N–H and O–H groups in total. The minimum Gasteiger partial charge on any atom is -0.469 e. The highest BCUT2D eigenvalue weighted by atomic mass is 16.5. The zero-order valence-corrected chi connectivity index (χ0v) is 24.8. The molecule has 5 aliphatic carbocycles. The molecule has 9 atom stereocenters. The number of hydrogen-bond acceptors (Lipinski definition) is 4. The molecule has 4 saturated carbocycles. The van der Waals surface area contributed by atoms with Crippen molar-refractivity contribution in [2.75, 3.05) is 7.11 Å². The summed E-state index contributed by atoms with van der Waals surface area (Å²) in [6, 6.07) is 0. The lowest BCUT2D eigenvalue weighted by molar-refractivity contribution is -0.175. The molecule has 0 aromatic heterocycles. The van der Waals surface area contributed by atoms with E-state index in [1.165, 1.54) is 5.57 Å². The third-order valence-corrected chi connectivity index (χ3v) is 13.2. The van der Waals surface area contributed by atoms with E-state index in [9.17, 15) is 9.59 Å². The summed E-state index contributed by atoms with van der Waals surface area (Å²) >= 11 is 0. The standard InChI is InChI=1S/C33H50O4/c1-20-12-17-33(28(35)36-9)19-18-31(7)23(27(33)21(20)2)10-11-25-30(6)15-14-26(37-22(3)34)29(4,5)24(30)13-16-32(25,31)8/h10-11,20-21,24,26-27H,12-19H2,1-9H3/t20-,21+,24+,26+,27+,30+,31-,32-,33+/m1/s1. The Balaban J connectivity index is 1.62. The van der Waals surface area contributed by atoms with E-state index in [0.717, 1.165) is 51.4 Å². The van der Waals surface area contributed by atoms with Crippen molar-refractivity contribution in [3.63, 3.8) is 0 Å². The molecule has 5 aliphatic rings. The van der Waals surface area contributed by atoms with Crippen molar-refractivity contribution in [2.24, 2.45) is 50.7 Å². The van der Waals surface area contributed by atoms with E-state index in [4.69, 9.17) is 9.47 Å². The summed E-state index contributed by atoms with van der Waals surface area (Å²) in [6.07, 6.45) is 13.2. The average molecular weight is 511 g/mol. The maximum absolute atomic E-state index is 13.4. The fourth-order valence-electron chi connectivity index (χ4n) is 10.7. The van der Waals surface area contributed by atoms with Crippen LogP contribution in [0.1, 0.15) is 107 Å². The van der Waals surface area contributed by atoms with Gasteiger partial charge >= 0.3 is 11.9 Å². The second-order valence-electron chi connectivity index (χ2n) is 14.8. The number of hydrogen-bond donors (Lipinski definition) is 0. The van der Waals surface area contributed by atoms with Crippen molar-refractivity contribution >= 4 is 11.9 Å². The number of esters is 2. The van der Waals surface area contributed by atoms with Gasteiger partial charge in [-0.2, -0.15) is 0 Å². The SMILES string of the molecule is COC(=O)[C@]12CC[C@@H](C)[C@H](C)[C@H]1C1=CC=C3[C@@]4(C)CC[C@H](OC(C)=O)C(C)(C)[C@@H]4CC[C@@]3(C)[C@]1(C)CC2. The zero-order valence-electron chi connectivity index (χ0n) is 24.8. The Bertz CT molecular complexity index is 1050. The zero-order chi connectivity index (χ0) is 27.2. The monoisotopic (exact) mass is 510 g/mol. The minimum atomic E-state index is -0.376. The van der Waals surface area contributed by atoms with Crippen LogP contribution in [-0.4, -0.2) is 25.2 Å². The van der Waals surface area contributed by atoms with Gasteiger partial charge in [0.2, 0.25) is 0 Å². The van der Waals surface area contributed by atoms with Crippen LogP contribution in [0.5, 0.6) is 0 Å². The number of fused-ring (bicyclic) bond motifs is 7. The third-order valence-electron chi connectivity index (χ3n) is 13.2. The molecule has 4 heteroatoms. The van der Waals surface area contributed by atoms with Crippen LogP contribution in [0.3, 0.4) is 0 Å². The molecule has 0 heterocycles. The topological polar surface area (TPSA) is 52.6 Å². The predicted octanol–water partition coefficient (Wildman–Crippen LogP) is 7.67. The maximum Gasteiger partial charge on any atom is 0.312 e. The van der Waals surface area contributed by atoms with E-state index in [-0.39, 0.29) is 51.0 Å². The Morgan fingerprint density at radius 3 is 2.22 bits per heavy atom. The fourth-order valence-corrected chi connectivity index (χ4v) is 10.7. The molecular formula is C33H50O4. The van der Waals surface area contributed by atoms with Crippen LogP contribution >= 0.6 is 0 Å². The summed E-state index contributed by atoms with van der Waals surface area (Å²) in [5.74, 6) is 1.64. The molecule has 0 unspecified atom stereocenters. The third kappa shape index (κ3) is 3.38. The smallest absolute Gasteiger partial charge is 0.312 e. The van der Waals surface area contributed by atoms with E-state index in [0.29, 0.717) is 17.8 Å². The van der Waals surface area contributed by atoms with E-state index in [1.807, 2.05) is 0 Å². The Kier molecular flexibility index (Phi) is 6.17. The number of rotatable bonds is 2. The fraction of sp³-hybridized carbons (Fsp3) is 0.818. The molecule has 37 heavy (non-hydrogen) atoms. The number of allylic oxidation sites excluding steroid dienone is 4. The summed E-state index contributed by atoms with van der Waals surface area (Å²) in [6.45, 7) is 18.5. The lowest BCUT2D eigenvalue weighted by Gasteiger charge is -2.68. The van der Waals surface area contributed by atoms with Gasteiger partial charge in [-0.3, -0.25) is 9.59 Å². The van der Waals surface area contributed by atoms with Crippen LogP contribution < -0.4 is 0 Å². The highest BCUT2D eigenvalue weighted by Crippen LogP contribution is 2.74. The Hall–Kier alpha value is -1.58. The first-order valence-corrected chi connectivity index (χ1v) is 14.9. The molecule has 0 aromatic rings. The van der Waals surface area contributed by atoms with Gasteiger partial charge in [0, 0.05) is 12.3 Å². The normalized spacial score (nSPS) is 48.2. The van der Waals surface area contributed by atoms with Crippen molar-refractivity contribution in [3.05, 3.63) is 23.3 Å². The van der Waals surface area contributed by atoms with Crippen LogP contribution in [0.15, 0.2) is 23.3 Å². The lowest BCUT2D eigenvalue weighted by Crippen LogP contribution is -2.62. The molecule has 4 fully saturated rings. The molecule has 0 aromatic carbocycles. The van der Waals surface area contributed by atoms with Gasteiger partial charge in [-0.15, -0.1) is 0 Å². The molecule has 0 amide bonds. The lowest BCUT2D eigenvalue weighted by atomic mass is 9.35. The molecule has 0 saturated heterocycles. The van der Waals surface area contributed by atoms with Crippen LogP contribution in [0, 0.1) is 50.7 Å². The van der Waals surface area contributed by atoms with Crippen LogP contribution in [0.4, 0.5) is 0 Å². The summed E-state index contributed by atoms with van der Waals surface area (Å²) in [4.78, 5) is 25.3. The van der Waals surface area contributed by atoms with Crippen LogP contribution in [-0.2, 0) is 19.1 Å². The number of methoxy groups -OCH3 is 1. The van der Waals surface area contributed by atoms with Gasteiger partial charge < -0.3 is 9.47 Å². The van der Waals surface area contributed by atoms with Crippen molar-refractivity contribution in [2.45, 2.75) is 113 Å². The second kappa shape index (κ2) is 8.46. The van der Waals surface area contributed by atoms with Gasteiger partial charge in [-0.25, -0.2) is 0 Å². The molecule has 0 spiro atoms. The van der Waals surface area contributed by atoms with Crippen LogP contribution in [0.25, 0.3) is 0 Å². The van der Waals surface area contributed by atoms with E-state index in [1.54, 1.807) is 19.6 Å². The Labute approximate surface area is 225 Å². The first kappa shape index (κ1) is 27.0. The van der Waals surface area contributed by atoms with Gasteiger partial charge in [-0.05, 0) is 91.3 Å². The number of carbonyl (C=O) groups is 2. The Morgan fingerprint density at radius 2 is 1.57 bits per heavy atom. The van der Waals surface area contributed by atoms with Gasteiger partial charge in [-0.1, -0.05) is 71.8 Å². The highest BCUT2D eigenvalue weighted by Gasteiger charge is 2.68. The van der Waals surface area contributed by atoms with E-state index in [2.05, 4.69) is 60.6 Å². The predicted molar refractivity (Wildman–Crippen MR) is 147 cm³/mol. The first-order chi connectivity index (χ1) is 17.2. The molecule has 0 radical (unpaired) electrons. The second-order valence-corrected chi connectivity index (χ2v) is 14.8.